The molecule has 0 bridgehead atoms. The molecule has 0 radical (unpaired) electrons. The van der Waals surface area contributed by atoms with Crippen LogP contribution in [-0.4, -0.2) is 33.2 Å². The molecular weight excluding hydrogens is 316 g/mol. The molecule has 1 atom stereocenters. The van der Waals surface area contributed by atoms with E-state index in [4.69, 9.17) is 5.73 Å². The first kappa shape index (κ1) is 15.3. The lowest BCUT2D eigenvalue weighted by atomic mass is 9.92. The van der Waals surface area contributed by atoms with Gasteiger partial charge in [0.25, 0.3) is 5.91 Å². The Bertz CT molecular complexity index is 986. The molecule has 1 aromatic heterocycles. The number of aromatic nitrogens is 2. The summed E-state index contributed by atoms with van der Waals surface area (Å²) in [5.74, 6) is -0.884. The van der Waals surface area contributed by atoms with E-state index < -0.39 is 11.9 Å². The Morgan fingerprint density at radius 1 is 1.04 bits per heavy atom. The van der Waals surface area contributed by atoms with E-state index >= 15 is 0 Å². The molecule has 25 heavy (non-hydrogen) atoms. The second-order valence-corrected chi connectivity index (χ2v) is 6.00. The van der Waals surface area contributed by atoms with Crippen LogP contribution >= 0.6 is 0 Å². The van der Waals surface area contributed by atoms with Crippen molar-refractivity contribution < 1.29 is 9.59 Å². The number of fused-ring (bicyclic) bond motifs is 2. The van der Waals surface area contributed by atoms with Crippen molar-refractivity contribution in [1.82, 2.24) is 14.9 Å². The van der Waals surface area contributed by atoms with Gasteiger partial charge >= 0.3 is 0 Å². The lowest BCUT2D eigenvalue weighted by Crippen LogP contribution is -2.46. The molecule has 1 aliphatic rings. The monoisotopic (exact) mass is 332 g/mol. The van der Waals surface area contributed by atoms with Gasteiger partial charge < -0.3 is 10.6 Å². The van der Waals surface area contributed by atoms with Gasteiger partial charge in [-0.05, 0) is 29.7 Å². The van der Waals surface area contributed by atoms with Crippen LogP contribution in [0.2, 0.25) is 0 Å². The molecule has 0 fully saturated rings. The fourth-order valence-corrected chi connectivity index (χ4v) is 3.30. The third-order valence-electron chi connectivity index (χ3n) is 4.48. The third-order valence-corrected chi connectivity index (χ3v) is 4.48. The summed E-state index contributed by atoms with van der Waals surface area (Å²) in [5, 5.41) is 0. The predicted octanol–water partition coefficient (Wildman–Crippen LogP) is 1.85. The van der Waals surface area contributed by atoms with Crippen molar-refractivity contribution in [2.75, 3.05) is 6.54 Å². The molecular formula is C19H16N4O2. The zero-order valence-electron chi connectivity index (χ0n) is 13.4. The zero-order valence-corrected chi connectivity index (χ0v) is 13.4. The number of hydrogen-bond donors (Lipinski definition) is 1. The number of nitrogens with two attached hydrogens (primary N) is 1. The zero-order chi connectivity index (χ0) is 17.4. The summed E-state index contributed by atoms with van der Waals surface area (Å²) in [4.78, 5) is 35.2. The first-order valence-electron chi connectivity index (χ1n) is 8.05. The number of carbonyl (C=O) groups is 2. The van der Waals surface area contributed by atoms with Crippen molar-refractivity contribution in [3.8, 4) is 0 Å². The van der Waals surface area contributed by atoms with Crippen molar-refractivity contribution in [3.63, 3.8) is 0 Å². The predicted molar refractivity (Wildman–Crippen MR) is 92.7 cm³/mol. The maximum atomic E-state index is 13.0. The second kappa shape index (κ2) is 5.98. The van der Waals surface area contributed by atoms with E-state index in [1.54, 1.807) is 6.07 Å². The maximum Gasteiger partial charge on any atom is 0.275 e. The summed E-state index contributed by atoms with van der Waals surface area (Å²) in [5.41, 5.74) is 9.00. The van der Waals surface area contributed by atoms with Crippen molar-refractivity contribution in [2.45, 2.75) is 12.5 Å². The quantitative estimate of drug-likeness (QED) is 0.775. The Labute approximate surface area is 144 Å². The van der Waals surface area contributed by atoms with E-state index in [-0.39, 0.29) is 11.6 Å². The van der Waals surface area contributed by atoms with E-state index in [0.29, 0.717) is 18.5 Å². The highest BCUT2D eigenvalue weighted by atomic mass is 16.2. The molecule has 124 valence electrons. The Morgan fingerprint density at radius 2 is 1.76 bits per heavy atom. The van der Waals surface area contributed by atoms with Crippen LogP contribution in [0.5, 0.6) is 0 Å². The summed E-state index contributed by atoms with van der Waals surface area (Å²) in [6, 6.07) is 14.1. The number of para-hydroxylation sites is 2. The molecule has 2 aromatic carbocycles. The van der Waals surface area contributed by atoms with Gasteiger partial charge in [-0.15, -0.1) is 0 Å². The summed E-state index contributed by atoms with van der Waals surface area (Å²) in [6.07, 6.45) is 2.12. The van der Waals surface area contributed by atoms with Crippen LogP contribution in [-0.2, 0) is 11.2 Å². The van der Waals surface area contributed by atoms with Crippen LogP contribution in [0.3, 0.4) is 0 Å². The van der Waals surface area contributed by atoms with Crippen LogP contribution in [0.15, 0.2) is 54.7 Å². The van der Waals surface area contributed by atoms with Crippen LogP contribution in [0.25, 0.3) is 11.0 Å². The van der Waals surface area contributed by atoms with Crippen LogP contribution < -0.4 is 5.73 Å². The smallest absolute Gasteiger partial charge is 0.275 e. The Morgan fingerprint density at radius 3 is 2.56 bits per heavy atom. The highest BCUT2D eigenvalue weighted by Crippen LogP contribution is 2.30. The molecule has 0 spiro atoms. The fraction of sp³-hybridized carbons (Fsp3) is 0.158. The molecule has 1 unspecified atom stereocenters. The molecule has 2 amide bonds. The molecule has 6 heteroatoms. The molecule has 6 nitrogen and oxygen atoms in total. The lowest BCUT2D eigenvalue weighted by molar-refractivity contribution is -0.123. The average Bonchev–Trinajstić information content (AvgIpc) is 2.66. The molecule has 0 saturated carbocycles. The molecule has 0 aliphatic carbocycles. The first-order valence-corrected chi connectivity index (χ1v) is 8.05. The van der Waals surface area contributed by atoms with Crippen molar-refractivity contribution in [2.24, 2.45) is 5.73 Å². The van der Waals surface area contributed by atoms with Gasteiger partial charge in [0.15, 0.2) is 0 Å². The van der Waals surface area contributed by atoms with Gasteiger partial charge in [0.05, 0.1) is 17.2 Å². The van der Waals surface area contributed by atoms with Crippen LogP contribution in [0, 0.1) is 0 Å². The molecule has 3 aromatic rings. The standard InChI is InChI=1S/C19H16N4O2/c20-18(24)17-13-6-2-1-5-12(13)9-10-23(17)19(25)16-11-21-14-7-3-4-8-15(14)22-16/h1-8,11,17H,9-10H2,(H2,20,24). The second-order valence-electron chi connectivity index (χ2n) is 6.00. The first-order chi connectivity index (χ1) is 12.1. The number of benzene rings is 2. The van der Waals surface area contributed by atoms with Crippen LogP contribution in [0.1, 0.15) is 27.7 Å². The number of amides is 2. The van der Waals surface area contributed by atoms with Crippen LogP contribution in [0.4, 0.5) is 0 Å². The topological polar surface area (TPSA) is 89.2 Å². The third kappa shape index (κ3) is 2.61. The van der Waals surface area contributed by atoms with E-state index in [0.717, 1.165) is 16.6 Å². The minimum atomic E-state index is -0.786. The molecule has 0 saturated heterocycles. The van der Waals surface area contributed by atoms with Crippen molar-refractivity contribution in [1.29, 1.82) is 0 Å². The van der Waals surface area contributed by atoms with E-state index in [9.17, 15) is 9.59 Å². The number of hydrogen-bond acceptors (Lipinski definition) is 4. The summed E-state index contributed by atoms with van der Waals surface area (Å²) in [7, 11) is 0. The van der Waals surface area contributed by atoms with Gasteiger partial charge in [-0.25, -0.2) is 4.98 Å². The Kier molecular flexibility index (Phi) is 3.65. The normalized spacial score (nSPS) is 16.5. The Hall–Kier alpha value is -3.28. The number of rotatable bonds is 2. The largest absolute Gasteiger partial charge is 0.368 e. The SMILES string of the molecule is NC(=O)C1c2ccccc2CCN1C(=O)c1cnc2ccccc2n1. The van der Waals surface area contributed by atoms with Crippen molar-refractivity contribution >= 4 is 22.8 Å². The maximum absolute atomic E-state index is 13.0. The number of nitrogens with zero attached hydrogens (tertiary/aromatic N) is 3. The summed E-state index contributed by atoms with van der Waals surface area (Å²) < 4.78 is 0. The highest BCUT2D eigenvalue weighted by molar-refractivity contribution is 5.97. The van der Waals surface area contributed by atoms with E-state index in [1.807, 2.05) is 42.5 Å². The summed E-state index contributed by atoms with van der Waals surface area (Å²) in [6.45, 7) is 0.415. The molecule has 2 heterocycles. The minimum absolute atomic E-state index is 0.212. The van der Waals surface area contributed by atoms with Gasteiger partial charge in [0, 0.05) is 6.54 Å². The van der Waals surface area contributed by atoms with E-state index in [1.165, 1.54) is 11.1 Å². The average molecular weight is 332 g/mol. The van der Waals surface area contributed by atoms with E-state index in [2.05, 4.69) is 9.97 Å². The molecule has 2 N–H and O–H groups in total. The van der Waals surface area contributed by atoms with Crippen molar-refractivity contribution in [3.05, 3.63) is 71.5 Å². The molecule has 4 rings (SSSR count). The van der Waals surface area contributed by atoms with Gasteiger partial charge in [-0.3, -0.25) is 14.6 Å². The lowest BCUT2D eigenvalue weighted by Gasteiger charge is -2.35. The van der Waals surface area contributed by atoms with Gasteiger partial charge in [0.1, 0.15) is 11.7 Å². The number of primary amides is 1. The van der Waals surface area contributed by atoms with Gasteiger partial charge in [0.2, 0.25) is 5.91 Å². The summed E-state index contributed by atoms with van der Waals surface area (Å²) >= 11 is 0. The fourth-order valence-electron chi connectivity index (χ4n) is 3.30. The minimum Gasteiger partial charge on any atom is -0.368 e. The highest BCUT2D eigenvalue weighted by Gasteiger charge is 2.35. The number of carbonyl (C=O) groups excluding carboxylic acids is 2. The van der Waals surface area contributed by atoms with Gasteiger partial charge in [-0.1, -0.05) is 36.4 Å². The molecule has 1 aliphatic heterocycles. The van der Waals surface area contributed by atoms with Gasteiger partial charge in [-0.2, -0.15) is 0 Å². The Balaban J connectivity index is 1.74.